The number of hydrogen-bond donors (Lipinski definition) is 1. The summed E-state index contributed by atoms with van der Waals surface area (Å²) in [6.45, 7) is 8.26. The predicted octanol–water partition coefficient (Wildman–Crippen LogP) is 4.25. The van der Waals surface area contributed by atoms with Crippen molar-refractivity contribution in [2.24, 2.45) is 5.73 Å². The molecule has 0 saturated carbocycles. The number of hydrogen-bond acceptors (Lipinski definition) is 3. The Balaban J connectivity index is 2.46. The minimum atomic E-state index is 0.299. The van der Waals surface area contributed by atoms with E-state index in [-0.39, 0.29) is 0 Å². The second-order valence-electron chi connectivity index (χ2n) is 5.45. The quantitative estimate of drug-likeness (QED) is 0.858. The summed E-state index contributed by atoms with van der Waals surface area (Å²) in [6.07, 6.45) is 1.70. The molecule has 1 aromatic carbocycles. The van der Waals surface area contributed by atoms with Crippen LogP contribution < -0.4 is 10.5 Å². The first kappa shape index (κ1) is 15.4. The molecule has 0 spiro atoms. The number of aromatic nitrogens is 1. The molecule has 0 aliphatic rings. The Kier molecular flexibility index (Phi) is 4.58. The Morgan fingerprint density at radius 1 is 1.19 bits per heavy atom. The van der Waals surface area contributed by atoms with Gasteiger partial charge in [0.25, 0.3) is 0 Å². The third-order valence-electron chi connectivity index (χ3n) is 3.46. The van der Waals surface area contributed by atoms with E-state index < -0.39 is 0 Å². The average molecular weight is 300 g/mol. The van der Waals surface area contributed by atoms with Gasteiger partial charge in [0.2, 0.25) is 5.88 Å². The van der Waals surface area contributed by atoms with Crippen LogP contribution >= 0.6 is 12.2 Å². The van der Waals surface area contributed by atoms with Crippen molar-refractivity contribution < 1.29 is 4.74 Å². The summed E-state index contributed by atoms with van der Waals surface area (Å²) < 4.78 is 5.99. The van der Waals surface area contributed by atoms with E-state index in [1.165, 1.54) is 5.56 Å². The highest BCUT2D eigenvalue weighted by Gasteiger charge is 2.14. The summed E-state index contributed by atoms with van der Waals surface area (Å²) in [5.41, 5.74) is 9.73. The van der Waals surface area contributed by atoms with Gasteiger partial charge < -0.3 is 10.5 Å². The summed E-state index contributed by atoms with van der Waals surface area (Å²) in [7, 11) is 0. The number of ether oxygens (including phenoxy) is 1. The van der Waals surface area contributed by atoms with Crippen LogP contribution in [0.25, 0.3) is 0 Å². The number of pyridine rings is 1. The molecule has 2 N–H and O–H groups in total. The lowest BCUT2D eigenvalue weighted by Gasteiger charge is -2.15. The molecule has 4 heteroatoms. The molecule has 21 heavy (non-hydrogen) atoms. The number of aryl methyl sites for hydroxylation is 2. The maximum absolute atomic E-state index is 5.99. The van der Waals surface area contributed by atoms with E-state index in [0.29, 0.717) is 22.3 Å². The van der Waals surface area contributed by atoms with Crippen LogP contribution in [-0.2, 0) is 0 Å². The molecule has 1 aromatic heterocycles. The van der Waals surface area contributed by atoms with Gasteiger partial charge in [-0.05, 0) is 48.6 Å². The average Bonchev–Trinajstić information content (AvgIpc) is 2.40. The third-order valence-corrected chi connectivity index (χ3v) is 3.66. The third kappa shape index (κ3) is 3.39. The molecule has 0 bridgehead atoms. The van der Waals surface area contributed by atoms with Crippen LogP contribution in [0.3, 0.4) is 0 Å². The Bertz CT molecular complexity index is 680. The first-order valence-corrected chi connectivity index (χ1v) is 7.34. The molecule has 2 rings (SSSR count). The maximum Gasteiger partial charge on any atom is 0.229 e. The molecule has 0 unspecified atom stereocenters. The zero-order valence-corrected chi connectivity index (χ0v) is 13.6. The van der Waals surface area contributed by atoms with Crippen molar-refractivity contribution in [1.82, 2.24) is 4.98 Å². The summed E-state index contributed by atoms with van der Waals surface area (Å²) in [6, 6.07) is 8.10. The Labute approximate surface area is 131 Å². The number of nitrogens with two attached hydrogens (primary N) is 1. The summed E-state index contributed by atoms with van der Waals surface area (Å²) >= 11 is 5.11. The molecule has 0 radical (unpaired) electrons. The van der Waals surface area contributed by atoms with Gasteiger partial charge in [-0.3, -0.25) is 0 Å². The van der Waals surface area contributed by atoms with Crippen LogP contribution in [0.2, 0.25) is 0 Å². The van der Waals surface area contributed by atoms with Gasteiger partial charge in [0, 0.05) is 6.20 Å². The Hall–Kier alpha value is -1.94. The van der Waals surface area contributed by atoms with Crippen LogP contribution in [0.4, 0.5) is 0 Å². The number of thiocarbonyl (C=S) groups is 1. The SMILES string of the molecule is Cc1ccc(C(C)C)cc1Oc1nccc(C)c1C(N)=S. The lowest BCUT2D eigenvalue weighted by Crippen LogP contribution is -2.13. The second-order valence-corrected chi connectivity index (χ2v) is 5.89. The van der Waals surface area contributed by atoms with Crippen LogP contribution in [0.1, 0.15) is 42.0 Å². The van der Waals surface area contributed by atoms with Crippen molar-refractivity contribution in [3.8, 4) is 11.6 Å². The molecule has 0 aliphatic heterocycles. The first-order chi connectivity index (χ1) is 9.90. The van der Waals surface area contributed by atoms with E-state index in [2.05, 4.69) is 31.0 Å². The van der Waals surface area contributed by atoms with E-state index in [1.807, 2.05) is 26.0 Å². The highest BCUT2D eigenvalue weighted by Crippen LogP contribution is 2.30. The molecule has 0 fully saturated rings. The highest BCUT2D eigenvalue weighted by atomic mass is 32.1. The lowest BCUT2D eigenvalue weighted by atomic mass is 10.0. The standard InChI is InChI=1S/C17H20N2OS/c1-10(2)13-6-5-11(3)14(9-13)20-17-15(16(18)21)12(4)7-8-19-17/h5-10H,1-4H3,(H2,18,21). The lowest BCUT2D eigenvalue weighted by molar-refractivity contribution is 0.457. The van der Waals surface area contributed by atoms with Gasteiger partial charge in [0.1, 0.15) is 10.7 Å². The molecule has 3 nitrogen and oxygen atoms in total. The minimum absolute atomic E-state index is 0.299. The van der Waals surface area contributed by atoms with Crippen LogP contribution in [0.15, 0.2) is 30.5 Å². The van der Waals surface area contributed by atoms with E-state index in [1.54, 1.807) is 6.20 Å². The van der Waals surface area contributed by atoms with Gasteiger partial charge in [0.05, 0.1) is 5.56 Å². The molecule has 1 heterocycles. The monoisotopic (exact) mass is 300 g/mol. The topological polar surface area (TPSA) is 48.1 Å². The summed E-state index contributed by atoms with van der Waals surface area (Å²) in [5, 5.41) is 0. The van der Waals surface area contributed by atoms with Gasteiger partial charge in [0.15, 0.2) is 0 Å². The van der Waals surface area contributed by atoms with Crippen molar-refractivity contribution in [3.63, 3.8) is 0 Å². The van der Waals surface area contributed by atoms with Gasteiger partial charge in [-0.15, -0.1) is 0 Å². The van der Waals surface area contributed by atoms with Crippen molar-refractivity contribution in [1.29, 1.82) is 0 Å². The highest BCUT2D eigenvalue weighted by molar-refractivity contribution is 7.80. The van der Waals surface area contributed by atoms with Crippen LogP contribution in [-0.4, -0.2) is 9.97 Å². The molecule has 0 atom stereocenters. The summed E-state index contributed by atoms with van der Waals surface area (Å²) in [4.78, 5) is 4.58. The zero-order valence-electron chi connectivity index (χ0n) is 12.8. The number of benzene rings is 1. The van der Waals surface area contributed by atoms with Gasteiger partial charge in [-0.1, -0.05) is 38.2 Å². The molecular weight excluding hydrogens is 280 g/mol. The normalized spacial score (nSPS) is 10.7. The molecule has 0 amide bonds. The molecule has 110 valence electrons. The van der Waals surface area contributed by atoms with E-state index in [0.717, 1.165) is 16.9 Å². The van der Waals surface area contributed by atoms with Crippen molar-refractivity contribution in [3.05, 3.63) is 52.7 Å². The zero-order chi connectivity index (χ0) is 15.6. The smallest absolute Gasteiger partial charge is 0.229 e. The van der Waals surface area contributed by atoms with Gasteiger partial charge >= 0.3 is 0 Å². The van der Waals surface area contributed by atoms with Crippen molar-refractivity contribution >= 4 is 17.2 Å². The first-order valence-electron chi connectivity index (χ1n) is 6.94. The predicted molar refractivity (Wildman–Crippen MR) is 90.2 cm³/mol. The van der Waals surface area contributed by atoms with Crippen LogP contribution in [0.5, 0.6) is 11.6 Å². The van der Waals surface area contributed by atoms with Crippen LogP contribution in [0, 0.1) is 13.8 Å². The fourth-order valence-electron chi connectivity index (χ4n) is 2.10. The fraction of sp³-hybridized carbons (Fsp3) is 0.294. The minimum Gasteiger partial charge on any atom is -0.438 e. The number of rotatable bonds is 4. The summed E-state index contributed by atoms with van der Waals surface area (Å²) in [5.74, 6) is 1.69. The molecule has 0 aliphatic carbocycles. The maximum atomic E-state index is 5.99. The molecular formula is C17H20N2OS. The molecule has 2 aromatic rings. The van der Waals surface area contributed by atoms with E-state index >= 15 is 0 Å². The fourth-order valence-corrected chi connectivity index (χ4v) is 2.35. The number of nitrogens with zero attached hydrogens (tertiary/aromatic N) is 1. The van der Waals surface area contributed by atoms with Crippen molar-refractivity contribution in [2.45, 2.75) is 33.6 Å². The van der Waals surface area contributed by atoms with E-state index in [9.17, 15) is 0 Å². The Morgan fingerprint density at radius 3 is 2.52 bits per heavy atom. The van der Waals surface area contributed by atoms with E-state index in [4.69, 9.17) is 22.7 Å². The van der Waals surface area contributed by atoms with Gasteiger partial charge in [-0.25, -0.2) is 4.98 Å². The Morgan fingerprint density at radius 2 is 1.90 bits per heavy atom. The van der Waals surface area contributed by atoms with Crippen molar-refractivity contribution in [2.75, 3.05) is 0 Å². The van der Waals surface area contributed by atoms with Gasteiger partial charge in [-0.2, -0.15) is 0 Å². The second kappa shape index (κ2) is 6.22. The largest absolute Gasteiger partial charge is 0.438 e. The molecule has 0 saturated heterocycles.